The van der Waals surface area contributed by atoms with E-state index in [2.05, 4.69) is 10.3 Å². The van der Waals surface area contributed by atoms with Gasteiger partial charge in [-0.15, -0.1) is 0 Å². The smallest absolute Gasteiger partial charge is 0.276 e. The van der Waals surface area contributed by atoms with Gasteiger partial charge in [0.2, 0.25) is 0 Å². The molecule has 0 bridgehead atoms. The number of aryl methyl sites for hydroxylation is 1. The van der Waals surface area contributed by atoms with Crippen molar-refractivity contribution >= 4 is 11.8 Å². The molecule has 28 heavy (non-hydrogen) atoms. The van der Waals surface area contributed by atoms with E-state index >= 15 is 0 Å². The average Bonchev–Trinajstić information content (AvgIpc) is 3.33. The highest BCUT2D eigenvalue weighted by molar-refractivity contribution is 5.94. The fraction of sp³-hybridized carbons (Fsp3) is 0.474. The summed E-state index contributed by atoms with van der Waals surface area (Å²) in [4.78, 5) is 42.2. The van der Waals surface area contributed by atoms with Crippen molar-refractivity contribution in [1.82, 2.24) is 19.8 Å². The van der Waals surface area contributed by atoms with Crippen LogP contribution in [0.5, 0.6) is 0 Å². The summed E-state index contributed by atoms with van der Waals surface area (Å²) >= 11 is 0. The zero-order valence-corrected chi connectivity index (χ0v) is 15.6. The number of ether oxygens (including phenoxy) is 1. The van der Waals surface area contributed by atoms with Crippen LogP contribution in [0.25, 0.3) is 0 Å². The monoisotopic (exact) mass is 386 g/mol. The molecule has 0 aromatic carbocycles. The fourth-order valence-corrected chi connectivity index (χ4v) is 3.47. The van der Waals surface area contributed by atoms with Crippen LogP contribution in [0.2, 0.25) is 0 Å². The number of carbonyl (C=O) groups excluding carboxylic acids is 2. The molecule has 148 valence electrons. The van der Waals surface area contributed by atoms with E-state index in [0.29, 0.717) is 43.3 Å². The molecule has 0 saturated carbocycles. The van der Waals surface area contributed by atoms with Gasteiger partial charge in [0.1, 0.15) is 6.10 Å². The van der Waals surface area contributed by atoms with Crippen molar-refractivity contribution in [3.05, 3.63) is 52.1 Å². The highest BCUT2D eigenvalue weighted by atomic mass is 16.5. The summed E-state index contributed by atoms with van der Waals surface area (Å²) in [7, 11) is 1.63. The Morgan fingerprint density at radius 1 is 1.36 bits per heavy atom. The van der Waals surface area contributed by atoms with E-state index in [1.54, 1.807) is 24.2 Å². The molecule has 9 heteroatoms. The first kappa shape index (κ1) is 18.4. The van der Waals surface area contributed by atoms with E-state index in [0.717, 1.165) is 12.8 Å². The van der Waals surface area contributed by atoms with Crippen LogP contribution in [-0.2, 0) is 11.8 Å². The highest BCUT2D eigenvalue weighted by Gasteiger charge is 2.36. The molecule has 2 aliphatic heterocycles. The van der Waals surface area contributed by atoms with Gasteiger partial charge < -0.3 is 23.9 Å². The Labute approximate surface area is 161 Å². The molecule has 2 saturated heterocycles. The lowest BCUT2D eigenvalue weighted by atomic mass is 9.99. The molecule has 4 heterocycles. The van der Waals surface area contributed by atoms with Crippen molar-refractivity contribution in [2.75, 3.05) is 26.2 Å². The maximum atomic E-state index is 12.7. The molecule has 0 aliphatic carbocycles. The van der Waals surface area contributed by atoms with Crippen LogP contribution in [0.15, 0.2) is 33.9 Å². The van der Waals surface area contributed by atoms with Gasteiger partial charge in [0.05, 0.1) is 0 Å². The van der Waals surface area contributed by atoms with E-state index in [4.69, 9.17) is 9.15 Å². The number of amides is 2. The fourth-order valence-electron chi connectivity index (χ4n) is 3.47. The van der Waals surface area contributed by atoms with Gasteiger partial charge in [0.15, 0.2) is 17.8 Å². The van der Waals surface area contributed by atoms with E-state index < -0.39 is 0 Å². The van der Waals surface area contributed by atoms with E-state index in [9.17, 15) is 14.4 Å². The Kier molecular flexibility index (Phi) is 4.99. The van der Waals surface area contributed by atoms with Crippen LogP contribution in [0.3, 0.4) is 0 Å². The molecule has 0 radical (unpaired) electrons. The highest BCUT2D eigenvalue weighted by Crippen LogP contribution is 2.31. The topological polar surface area (TPSA) is 107 Å². The summed E-state index contributed by atoms with van der Waals surface area (Å²) in [5.74, 6) is 0.204. The molecule has 2 aromatic rings. The number of nitrogens with one attached hydrogen (secondary N) is 1. The second-order valence-corrected chi connectivity index (χ2v) is 7.22. The molecule has 2 amide bonds. The molecular formula is C19H22N4O5. The predicted molar refractivity (Wildman–Crippen MR) is 97.8 cm³/mol. The van der Waals surface area contributed by atoms with Crippen molar-refractivity contribution in [1.29, 1.82) is 0 Å². The molecule has 1 unspecified atom stereocenters. The van der Waals surface area contributed by atoms with Crippen molar-refractivity contribution in [3.8, 4) is 0 Å². The Balaban J connectivity index is 1.28. The SMILES string of the molecule is Cn1ccc(C(=O)NCC2CN(C(=O)c3ncoc3C3CCCO3)C2)cc1=O. The number of hydrogen-bond donors (Lipinski definition) is 1. The third kappa shape index (κ3) is 3.57. The lowest BCUT2D eigenvalue weighted by Gasteiger charge is -2.39. The van der Waals surface area contributed by atoms with Crippen LogP contribution < -0.4 is 10.9 Å². The molecule has 2 fully saturated rings. The van der Waals surface area contributed by atoms with Crippen LogP contribution in [0.1, 0.15) is 45.6 Å². The molecule has 2 aromatic heterocycles. The molecule has 2 aliphatic rings. The zero-order chi connectivity index (χ0) is 19.7. The Morgan fingerprint density at radius 3 is 2.89 bits per heavy atom. The Morgan fingerprint density at radius 2 is 2.18 bits per heavy atom. The number of pyridine rings is 1. The number of oxazole rings is 1. The van der Waals surface area contributed by atoms with Crippen molar-refractivity contribution in [2.24, 2.45) is 13.0 Å². The lowest BCUT2D eigenvalue weighted by Crippen LogP contribution is -2.54. The largest absolute Gasteiger partial charge is 0.445 e. The lowest BCUT2D eigenvalue weighted by molar-refractivity contribution is 0.0475. The molecule has 4 rings (SSSR count). The standard InChI is InChI=1S/C19H22N4O5/c1-22-5-4-13(7-15(22)24)18(25)20-8-12-9-23(10-12)19(26)16-17(28-11-21-16)14-3-2-6-27-14/h4-5,7,11-12,14H,2-3,6,8-10H2,1H3,(H,20,25). The van der Waals surface area contributed by atoms with Gasteiger partial charge in [-0.3, -0.25) is 14.4 Å². The summed E-state index contributed by atoms with van der Waals surface area (Å²) in [5, 5.41) is 2.82. The number of rotatable bonds is 5. The molecule has 1 atom stereocenters. The summed E-state index contributed by atoms with van der Waals surface area (Å²) < 4.78 is 12.4. The van der Waals surface area contributed by atoms with Gasteiger partial charge in [-0.2, -0.15) is 0 Å². The maximum absolute atomic E-state index is 12.7. The quantitative estimate of drug-likeness (QED) is 0.812. The number of hydrogen-bond acceptors (Lipinski definition) is 6. The number of aromatic nitrogens is 2. The number of carbonyl (C=O) groups is 2. The summed E-state index contributed by atoms with van der Waals surface area (Å²) in [6, 6.07) is 2.91. The first-order chi connectivity index (χ1) is 13.5. The average molecular weight is 386 g/mol. The van der Waals surface area contributed by atoms with Crippen molar-refractivity contribution < 1.29 is 18.7 Å². The molecule has 0 spiro atoms. The van der Waals surface area contributed by atoms with Gasteiger partial charge in [-0.05, 0) is 18.9 Å². The first-order valence-electron chi connectivity index (χ1n) is 9.32. The Bertz CT molecular complexity index is 938. The van der Waals surface area contributed by atoms with E-state index in [-0.39, 0.29) is 29.4 Å². The molecule has 9 nitrogen and oxygen atoms in total. The van der Waals surface area contributed by atoms with Crippen molar-refractivity contribution in [3.63, 3.8) is 0 Å². The summed E-state index contributed by atoms with van der Waals surface area (Å²) in [6.07, 6.45) is 4.41. The second kappa shape index (κ2) is 7.59. The van der Waals surface area contributed by atoms with Gasteiger partial charge in [-0.25, -0.2) is 4.98 Å². The van der Waals surface area contributed by atoms with E-state index in [1.165, 1.54) is 17.0 Å². The molecule has 1 N–H and O–H groups in total. The van der Waals surface area contributed by atoms with Crippen molar-refractivity contribution in [2.45, 2.75) is 18.9 Å². The van der Waals surface area contributed by atoms with E-state index in [1.807, 2.05) is 0 Å². The second-order valence-electron chi connectivity index (χ2n) is 7.22. The third-order valence-electron chi connectivity index (χ3n) is 5.18. The van der Waals surface area contributed by atoms with Crippen LogP contribution in [-0.4, -0.2) is 52.5 Å². The normalized spacial score (nSPS) is 19.5. The minimum atomic E-state index is -0.292. The van der Waals surface area contributed by atoms with Crippen LogP contribution in [0.4, 0.5) is 0 Å². The van der Waals surface area contributed by atoms with Gasteiger partial charge >= 0.3 is 0 Å². The minimum absolute atomic E-state index is 0.164. The van der Waals surface area contributed by atoms with Gasteiger partial charge in [0, 0.05) is 57.0 Å². The number of likely N-dealkylation sites (tertiary alicyclic amines) is 1. The number of nitrogens with zero attached hydrogens (tertiary/aromatic N) is 3. The van der Waals surface area contributed by atoms with Crippen LogP contribution >= 0.6 is 0 Å². The third-order valence-corrected chi connectivity index (χ3v) is 5.18. The van der Waals surface area contributed by atoms with Gasteiger partial charge in [-0.1, -0.05) is 0 Å². The maximum Gasteiger partial charge on any atom is 0.276 e. The first-order valence-corrected chi connectivity index (χ1v) is 9.32. The summed E-state index contributed by atoms with van der Waals surface area (Å²) in [6.45, 7) is 2.17. The predicted octanol–water partition coefficient (Wildman–Crippen LogP) is 0.727. The van der Waals surface area contributed by atoms with Crippen LogP contribution in [0, 0.1) is 5.92 Å². The van der Waals surface area contributed by atoms with Gasteiger partial charge in [0.25, 0.3) is 17.4 Å². The molecular weight excluding hydrogens is 364 g/mol. The Hall–Kier alpha value is -2.94. The summed E-state index contributed by atoms with van der Waals surface area (Å²) in [5.41, 5.74) is 0.413. The minimum Gasteiger partial charge on any atom is -0.445 e. The zero-order valence-electron chi connectivity index (χ0n) is 15.6.